The zero-order valence-corrected chi connectivity index (χ0v) is 22.4. The van der Waals surface area contributed by atoms with Crippen molar-refractivity contribution >= 4 is 21.9 Å². The first-order valence-electron chi connectivity index (χ1n) is 13.4. The average molecular weight is 457 g/mol. The van der Waals surface area contributed by atoms with Crippen molar-refractivity contribution in [1.82, 2.24) is 0 Å². The normalized spacial score (nSPS) is 10.4. The molecule has 4 nitrogen and oxygen atoms in total. The fourth-order valence-corrected chi connectivity index (χ4v) is 3.86. The summed E-state index contributed by atoms with van der Waals surface area (Å²) in [5.74, 6) is -0.903. The number of carboxylic acid groups (broad SMARTS) is 1. The van der Waals surface area contributed by atoms with Gasteiger partial charge in [-0.15, -0.1) is 0 Å². The quantitative estimate of drug-likeness (QED) is 0.114. The molecule has 0 heterocycles. The van der Waals surface area contributed by atoms with Crippen molar-refractivity contribution in [1.29, 1.82) is 0 Å². The van der Waals surface area contributed by atoms with Crippen LogP contribution >= 0.6 is 0 Å². The van der Waals surface area contributed by atoms with Crippen LogP contribution in [-0.2, 0) is 12.4 Å². The molecular weight excluding hydrogens is 403 g/mol. The SMILES string of the molecule is CCCCCCCCCCCCCCCCCC(=O)[O-].CCCC[O][Al+][O]CCCC. The van der Waals surface area contributed by atoms with E-state index >= 15 is 0 Å². The number of rotatable bonds is 24. The fourth-order valence-electron chi connectivity index (χ4n) is 3.24. The van der Waals surface area contributed by atoms with Gasteiger partial charge in [0.25, 0.3) is 0 Å². The van der Waals surface area contributed by atoms with Crippen LogP contribution < -0.4 is 5.11 Å². The molecule has 0 atom stereocenters. The van der Waals surface area contributed by atoms with Gasteiger partial charge in [0.1, 0.15) is 0 Å². The molecule has 0 radical (unpaired) electrons. The molecule has 0 rings (SSSR count). The Morgan fingerprint density at radius 3 is 1.19 bits per heavy atom. The number of carbonyl (C=O) groups excluding carboxylic acids is 1. The van der Waals surface area contributed by atoms with E-state index in [0.717, 1.165) is 38.9 Å². The average Bonchev–Trinajstić information content (AvgIpc) is 2.76. The molecule has 0 aromatic heterocycles. The number of hydrogen-bond donors (Lipinski definition) is 0. The van der Waals surface area contributed by atoms with Gasteiger partial charge in [0, 0.05) is 5.97 Å². The van der Waals surface area contributed by atoms with Gasteiger partial charge in [0.15, 0.2) is 0 Å². The van der Waals surface area contributed by atoms with E-state index < -0.39 is 5.97 Å². The molecule has 0 saturated heterocycles. The van der Waals surface area contributed by atoms with Gasteiger partial charge in [-0.3, -0.25) is 0 Å². The molecular formula is C26H53AlO4. The standard InChI is InChI=1S/C18H36O2.2C4H9O.Al/c1-2-3-4-5-6-7-8-9-10-11-12-13-14-15-16-17-18(19)20;2*1-2-3-4-5;/h2-17H2,1H3,(H,19,20);2*2-4H2,1H3;/q;2*-1;+3/p-1. The van der Waals surface area contributed by atoms with Crippen molar-refractivity contribution in [2.75, 3.05) is 13.2 Å². The number of aliphatic carboxylic acids is 1. The van der Waals surface area contributed by atoms with Gasteiger partial charge in [0.2, 0.25) is 0 Å². The van der Waals surface area contributed by atoms with E-state index in [1.807, 2.05) is 0 Å². The van der Waals surface area contributed by atoms with Crippen LogP contribution in [0.3, 0.4) is 0 Å². The maximum atomic E-state index is 10.2. The van der Waals surface area contributed by atoms with Crippen molar-refractivity contribution in [3.8, 4) is 0 Å². The van der Waals surface area contributed by atoms with Crippen molar-refractivity contribution < 1.29 is 17.5 Å². The van der Waals surface area contributed by atoms with Crippen LogP contribution in [0.2, 0.25) is 0 Å². The molecule has 0 aliphatic heterocycles. The summed E-state index contributed by atoms with van der Waals surface area (Å²) in [6.45, 7) is 8.34. The molecule has 0 bridgehead atoms. The van der Waals surface area contributed by atoms with Gasteiger partial charge < -0.3 is 9.90 Å². The summed E-state index contributed by atoms with van der Waals surface area (Å²) in [5.41, 5.74) is 0. The van der Waals surface area contributed by atoms with Crippen LogP contribution in [0.15, 0.2) is 0 Å². The molecule has 0 saturated carbocycles. The molecule has 0 unspecified atom stereocenters. The zero-order chi connectivity index (χ0) is 23.3. The zero-order valence-electron chi connectivity index (χ0n) is 21.3. The summed E-state index contributed by atoms with van der Waals surface area (Å²) < 4.78 is 10.6. The minimum absolute atomic E-state index is 0.189. The van der Waals surface area contributed by atoms with E-state index in [9.17, 15) is 9.90 Å². The minimum atomic E-state index is -0.903. The van der Waals surface area contributed by atoms with E-state index in [-0.39, 0.29) is 22.3 Å². The van der Waals surface area contributed by atoms with E-state index in [1.54, 1.807) is 0 Å². The van der Waals surface area contributed by atoms with Crippen LogP contribution in [0.4, 0.5) is 0 Å². The Hall–Kier alpha value is -0.0775. The van der Waals surface area contributed by atoms with Crippen molar-refractivity contribution in [2.45, 2.75) is 149 Å². The summed E-state index contributed by atoms with van der Waals surface area (Å²) in [7, 11) is 0. The molecule has 31 heavy (non-hydrogen) atoms. The molecule has 0 aliphatic carbocycles. The third kappa shape index (κ3) is 37.6. The number of carbonyl (C=O) groups is 1. The Morgan fingerprint density at radius 1 is 0.548 bits per heavy atom. The summed E-state index contributed by atoms with van der Waals surface area (Å²) in [6, 6.07) is 0. The van der Waals surface area contributed by atoms with Gasteiger partial charge in [-0.1, -0.05) is 96.8 Å². The summed E-state index contributed by atoms with van der Waals surface area (Å²) >= 11 is -0.189. The van der Waals surface area contributed by atoms with Crippen molar-refractivity contribution in [3.05, 3.63) is 0 Å². The summed E-state index contributed by atoms with van der Waals surface area (Å²) in [6.07, 6.45) is 24.6. The molecule has 0 spiro atoms. The van der Waals surface area contributed by atoms with Gasteiger partial charge in [-0.25, -0.2) is 0 Å². The van der Waals surface area contributed by atoms with Gasteiger partial charge >= 0.3 is 76.2 Å². The molecule has 0 aromatic rings. The molecule has 0 aliphatic rings. The Bertz CT molecular complexity index is 319. The number of unbranched alkanes of at least 4 members (excludes halogenated alkanes) is 16. The van der Waals surface area contributed by atoms with Crippen LogP contribution in [0.25, 0.3) is 0 Å². The predicted molar refractivity (Wildman–Crippen MR) is 132 cm³/mol. The monoisotopic (exact) mass is 456 g/mol. The molecule has 0 fully saturated rings. The van der Waals surface area contributed by atoms with E-state index in [1.165, 1.54) is 96.3 Å². The maximum absolute atomic E-state index is 10.2. The van der Waals surface area contributed by atoms with Crippen LogP contribution in [0, 0.1) is 0 Å². The van der Waals surface area contributed by atoms with Crippen molar-refractivity contribution in [3.63, 3.8) is 0 Å². The topological polar surface area (TPSA) is 58.6 Å². The molecule has 0 amide bonds. The van der Waals surface area contributed by atoms with Crippen molar-refractivity contribution in [2.24, 2.45) is 0 Å². The summed E-state index contributed by atoms with van der Waals surface area (Å²) in [5, 5.41) is 10.2. The fraction of sp³-hybridized carbons (Fsp3) is 0.962. The van der Waals surface area contributed by atoms with Gasteiger partial charge in [-0.05, 0) is 12.8 Å². The number of carboxylic acids is 1. The van der Waals surface area contributed by atoms with Crippen LogP contribution in [0.5, 0.6) is 0 Å². The second-order valence-corrected chi connectivity index (χ2v) is 9.48. The van der Waals surface area contributed by atoms with E-state index in [4.69, 9.17) is 7.58 Å². The summed E-state index contributed by atoms with van der Waals surface area (Å²) in [4.78, 5) is 10.2. The second-order valence-electron chi connectivity index (χ2n) is 8.62. The first-order chi connectivity index (χ1) is 15.2. The molecule has 0 aromatic carbocycles. The van der Waals surface area contributed by atoms with Gasteiger partial charge in [-0.2, -0.15) is 0 Å². The molecule has 5 heteroatoms. The Balaban J connectivity index is 0. The first kappa shape index (κ1) is 33.1. The third-order valence-corrected chi connectivity index (χ3v) is 6.10. The van der Waals surface area contributed by atoms with E-state index in [2.05, 4.69) is 20.8 Å². The first-order valence-corrected chi connectivity index (χ1v) is 14.4. The van der Waals surface area contributed by atoms with E-state index in [0.29, 0.717) is 0 Å². The Labute approximate surface area is 201 Å². The van der Waals surface area contributed by atoms with Gasteiger partial charge in [0.05, 0.1) is 0 Å². The Kier molecular flexibility index (Phi) is 34.3. The molecule has 184 valence electrons. The van der Waals surface area contributed by atoms with Crippen LogP contribution in [0.1, 0.15) is 149 Å². The Morgan fingerprint density at radius 2 is 0.871 bits per heavy atom. The number of hydrogen-bond acceptors (Lipinski definition) is 4. The third-order valence-electron chi connectivity index (χ3n) is 5.35. The van der Waals surface area contributed by atoms with Crippen LogP contribution in [-0.4, -0.2) is 35.1 Å². The molecule has 0 N–H and O–H groups in total. The second kappa shape index (κ2) is 32.1. The predicted octanol–water partition coefficient (Wildman–Crippen LogP) is 7.15.